The second kappa shape index (κ2) is 8.27. The lowest BCUT2D eigenvalue weighted by atomic mass is 10.1. The molecule has 0 spiro atoms. The zero-order valence-corrected chi connectivity index (χ0v) is 11.9. The highest BCUT2D eigenvalue weighted by Gasteiger charge is 1.99. The molecular formula is C16H21N3O. The lowest BCUT2D eigenvalue weighted by Crippen LogP contribution is -2.13. The highest BCUT2D eigenvalue weighted by molar-refractivity contribution is 5.14. The third-order valence-electron chi connectivity index (χ3n) is 2.94. The van der Waals surface area contributed by atoms with Crippen LogP contribution in [-0.2, 0) is 13.0 Å². The Balaban J connectivity index is 1.69. The van der Waals surface area contributed by atoms with E-state index in [1.165, 1.54) is 5.56 Å². The van der Waals surface area contributed by atoms with Crippen LogP contribution in [0, 0.1) is 0 Å². The summed E-state index contributed by atoms with van der Waals surface area (Å²) < 4.78 is 5.59. The number of nitrogens with zero attached hydrogens (tertiary/aromatic N) is 2. The molecule has 0 bridgehead atoms. The molecule has 1 heterocycles. The SMILES string of the molecule is CCNCc1cnc(OCCCc2ccccc2)cn1. The van der Waals surface area contributed by atoms with Crippen molar-refractivity contribution >= 4 is 0 Å². The quantitative estimate of drug-likeness (QED) is 0.750. The number of aryl methyl sites for hydroxylation is 1. The Morgan fingerprint density at radius 2 is 1.95 bits per heavy atom. The molecule has 20 heavy (non-hydrogen) atoms. The Kier molecular flexibility index (Phi) is 5.99. The van der Waals surface area contributed by atoms with Crippen LogP contribution in [0.5, 0.6) is 5.88 Å². The molecule has 2 aromatic rings. The van der Waals surface area contributed by atoms with Gasteiger partial charge in [-0.25, -0.2) is 4.98 Å². The van der Waals surface area contributed by atoms with Crippen molar-refractivity contribution in [3.05, 3.63) is 54.0 Å². The second-order valence-electron chi connectivity index (χ2n) is 4.56. The van der Waals surface area contributed by atoms with Crippen LogP contribution in [0.15, 0.2) is 42.7 Å². The molecule has 1 aromatic heterocycles. The maximum Gasteiger partial charge on any atom is 0.232 e. The molecule has 0 radical (unpaired) electrons. The second-order valence-corrected chi connectivity index (χ2v) is 4.56. The van der Waals surface area contributed by atoms with Crippen LogP contribution in [0.4, 0.5) is 0 Å². The van der Waals surface area contributed by atoms with Crippen molar-refractivity contribution in [3.8, 4) is 5.88 Å². The molecule has 0 aliphatic carbocycles. The van der Waals surface area contributed by atoms with Crippen molar-refractivity contribution in [2.45, 2.75) is 26.3 Å². The highest BCUT2D eigenvalue weighted by atomic mass is 16.5. The van der Waals surface area contributed by atoms with Gasteiger partial charge in [-0.05, 0) is 24.9 Å². The van der Waals surface area contributed by atoms with E-state index in [1.54, 1.807) is 12.4 Å². The van der Waals surface area contributed by atoms with Crippen LogP contribution in [0.25, 0.3) is 0 Å². The molecule has 1 aromatic carbocycles. The molecule has 1 N–H and O–H groups in total. The fourth-order valence-electron chi connectivity index (χ4n) is 1.86. The largest absolute Gasteiger partial charge is 0.477 e. The maximum atomic E-state index is 5.59. The van der Waals surface area contributed by atoms with E-state index in [9.17, 15) is 0 Å². The molecule has 0 fully saturated rings. The Hall–Kier alpha value is -1.94. The predicted octanol–water partition coefficient (Wildman–Crippen LogP) is 2.60. The van der Waals surface area contributed by atoms with E-state index in [-0.39, 0.29) is 0 Å². The molecule has 0 atom stereocenters. The molecule has 4 heteroatoms. The van der Waals surface area contributed by atoms with Crippen LogP contribution in [-0.4, -0.2) is 23.1 Å². The first kappa shape index (κ1) is 14.5. The summed E-state index contributed by atoms with van der Waals surface area (Å²) in [5.74, 6) is 0.596. The molecule has 0 saturated carbocycles. The highest BCUT2D eigenvalue weighted by Crippen LogP contribution is 2.06. The minimum absolute atomic E-state index is 0.596. The summed E-state index contributed by atoms with van der Waals surface area (Å²) in [6.45, 7) is 4.41. The third kappa shape index (κ3) is 4.97. The van der Waals surface area contributed by atoms with Gasteiger partial charge in [0, 0.05) is 6.54 Å². The molecule has 0 amide bonds. The number of rotatable bonds is 8. The minimum Gasteiger partial charge on any atom is -0.477 e. The number of benzene rings is 1. The summed E-state index contributed by atoms with van der Waals surface area (Å²) in [5, 5.41) is 3.21. The Labute approximate surface area is 120 Å². The van der Waals surface area contributed by atoms with Crippen molar-refractivity contribution in [2.24, 2.45) is 0 Å². The monoisotopic (exact) mass is 271 g/mol. The fraction of sp³-hybridized carbons (Fsp3) is 0.375. The Morgan fingerprint density at radius 3 is 2.65 bits per heavy atom. The van der Waals surface area contributed by atoms with Gasteiger partial charge in [-0.15, -0.1) is 0 Å². The first-order valence-electron chi connectivity index (χ1n) is 7.07. The first-order valence-corrected chi connectivity index (χ1v) is 7.07. The van der Waals surface area contributed by atoms with Crippen LogP contribution >= 0.6 is 0 Å². The maximum absolute atomic E-state index is 5.59. The average molecular weight is 271 g/mol. The van der Waals surface area contributed by atoms with E-state index < -0.39 is 0 Å². The smallest absolute Gasteiger partial charge is 0.232 e. The van der Waals surface area contributed by atoms with Gasteiger partial charge in [0.05, 0.1) is 24.7 Å². The van der Waals surface area contributed by atoms with Gasteiger partial charge in [0.15, 0.2) is 0 Å². The van der Waals surface area contributed by atoms with Gasteiger partial charge in [-0.2, -0.15) is 0 Å². The van der Waals surface area contributed by atoms with Crippen molar-refractivity contribution < 1.29 is 4.74 Å². The predicted molar refractivity (Wildman–Crippen MR) is 79.7 cm³/mol. The van der Waals surface area contributed by atoms with Crippen LogP contribution < -0.4 is 10.1 Å². The topological polar surface area (TPSA) is 47.0 Å². The van der Waals surface area contributed by atoms with Crippen molar-refractivity contribution in [1.82, 2.24) is 15.3 Å². The van der Waals surface area contributed by atoms with E-state index in [2.05, 4.69) is 46.5 Å². The van der Waals surface area contributed by atoms with E-state index in [0.29, 0.717) is 12.5 Å². The molecular weight excluding hydrogens is 250 g/mol. The molecule has 106 valence electrons. The van der Waals surface area contributed by atoms with Crippen molar-refractivity contribution in [3.63, 3.8) is 0 Å². The van der Waals surface area contributed by atoms with Gasteiger partial charge in [-0.1, -0.05) is 37.3 Å². The summed E-state index contributed by atoms with van der Waals surface area (Å²) >= 11 is 0. The van der Waals surface area contributed by atoms with Gasteiger partial charge in [0.25, 0.3) is 0 Å². The first-order chi connectivity index (χ1) is 9.88. The van der Waals surface area contributed by atoms with Gasteiger partial charge in [0.1, 0.15) is 0 Å². The molecule has 4 nitrogen and oxygen atoms in total. The van der Waals surface area contributed by atoms with Gasteiger partial charge < -0.3 is 10.1 Å². The summed E-state index contributed by atoms with van der Waals surface area (Å²) in [6, 6.07) is 10.4. The Morgan fingerprint density at radius 1 is 1.10 bits per heavy atom. The third-order valence-corrected chi connectivity index (χ3v) is 2.94. The normalized spacial score (nSPS) is 10.4. The van der Waals surface area contributed by atoms with E-state index in [0.717, 1.165) is 31.6 Å². The zero-order valence-electron chi connectivity index (χ0n) is 11.9. The van der Waals surface area contributed by atoms with Crippen molar-refractivity contribution in [1.29, 1.82) is 0 Å². The van der Waals surface area contributed by atoms with Crippen LogP contribution in [0.3, 0.4) is 0 Å². The molecule has 0 saturated heterocycles. The van der Waals surface area contributed by atoms with Crippen molar-refractivity contribution in [2.75, 3.05) is 13.2 Å². The Bertz CT molecular complexity index is 485. The number of hydrogen-bond acceptors (Lipinski definition) is 4. The van der Waals surface area contributed by atoms with Crippen LogP contribution in [0.1, 0.15) is 24.6 Å². The van der Waals surface area contributed by atoms with E-state index >= 15 is 0 Å². The summed E-state index contributed by atoms with van der Waals surface area (Å²) in [6.07, 6.45) is 5.45. The standard InChI is InChI=1S/C16H21N3O/c1-2-17-11-15-12-19-16(13-18-15)20-10-6-9-14-7-4-3-5-8-14/h3-5,7-8,12-13,17H,2,6,9-11H2,1H3. The molecule has 0 aliphatic heterocycles. The van der Waals surface area contributed by atoms with Gasteiger partial charge >= 0.3 is 0 Å². The molecule has 0 aliphatic rings. The van der Waals surface area contributed by atoms with E-state index in [4.69, 9.17) is 4.74 Å². The number of ether oxygens (including phenoxy) is 1. The van der Waals surface area contributed by atoms with Crippen LogP contribution in [0.2, 0.25) is 0 Å². The lowest BCUT2D eigenvalue weighted by molar-refractivity contribution is 0.297. The number of aromatic nitrogens is 2. The van der Waals surface area contributed by atoms with E-state index in [1.807, 2.05) is 6.07 Å². The van der Waals surface area contributed by atoms with Gasteiger partial charge in [-0.3, -0.25) is 4.98 Å². The summed E-state index contributed by atoms with van der Waals surface area (Å²) in [7, 11) is 0. The fourth-order valence-corrected chi connectivity index (χ4v) is 1.86. The molecule has 0 unspecified atom stereocenters. The summed E-state index contributed by atoms with van der Waals surface area (Å²) in [4.78, 5) is 8.55. The van der Waals surface area contributed by atoms with Gasteiger partial charge in [0.2, 0.25) is 5.88 Å². The lowest BCUT2D eigenvalue weighted by Gasteiger charge is -2.06. The minimum atomic E-state index is 0.596. The zero-order chi connectivity index (χ0) is 14.0. The summed E-state index contributed by atoms with van der Waals surface area (Å²) in [5.41, 5.74) is 2.27. The number of nitrogens with one attached hydrogen (secondary N) is 1. The molecule has 2 rings (SSSR count). The number of hydrogen-bond donors (Lipinski definition) is 1. The average Bonchev–Trinajstić information content (AvgIpc) is 2.52.